The van der Waals surface area contributed by atoms with Gasteiger partial charge in [-0.25, -0.2) is 4.79 Å². The maximum atomic E-state index is 12.3. The highest BCUT2D eigenvalue weighted by atomic mass is 16.5. The fourth-order valence-electron chi connectivity index (χ4n) is 2.70. The molecule has 0 bridgehead atoms. The summed E-state index contributed by atoms with van der Waals surface area (Å²) >= 11 is 0. The zero-order chi connectivity index (χ0) is 19.1. The molecule has 2 aromatic rings. The highest BCUT2D eigenvalue weighted by molar-refractivity contribution is 5.90. The standard InChI is InChI=1S/C20H28N4O2/c1-23(2)16-12-10-15(11-13-16)18(24(3)4)14-21-20(25)22-17-8-6-7-9-19(17)26-5/h6-13,18H,14H2,1-5H3,(H2,21,22,25)/t18-/m1/s1. The average Bonchev–Trinajstić information content (AvgIpc) is 2.62. The van der Waals surface area contributed by atoms with E-state index in [0.29, 0.717) is 18.0 Å². The summed E-state index contributed by atoms with van der Waals surface area (Å²) in [4.78, 5) is 16.4. The van der Waals surface area contributed by atoms with Crippen molar-refractivity contribution in [2.45, 2.75) is 6.04 Å². The van der Waals surface area contributed by atoms with Crippen molar-refractivity contribution in [2.75, 3.05) is 52.1 Å². The van der Waals surface area contributed by atoms with Crippen LogP contribution in [0.1, 0.15) is 11.6 Å². The van der Waals surface area contributed by atoms with Gasteiger partial charge in [0, 0.05) is 26.3 Å². The first-order valence-corrected chi connectivity index (χ1v) is 8.54. The minimum atomic E-state index is -0.258. The SMILES string of the molecule is COc1ccccc1NC(=O)NC[C@H](c1ccc(N(C)C)cc1)N(C)C. The van der Waals surface area contributed by atoms with Crippen molar-refractivity contribution in [1.82, 2.24) is 10.2 Å². The summed E-state index contributed by atoms with van der Waals surface area (Å²) in [6.07, 6.45) is 0. The van der Waals surface area contributed by atoms with E-state index in [1.54, 1.807) is 7.11 Å². The second kappa shape index (κ2) is 9.10. The van der Waals surface area contributed by atoms with Crippen molar-refractivity contribution in [3.8, 4) is 5.75 Å². The van der Waals surface area contributed by atoms with Crippen LogP contribution in [0.2, 0.25) is 0 Å². The number of likely N-dealkylation sites (N-methyl/N-ethyl adjacent to an activating group) is 1. The van der Waals surface area contributed by atoms with Crippen LogP contribution in [0, 0.1) is 0 Å². The molecule has 0 unspecified atom stereocenters. The Balaban J connectivity index is 2.00. The van der Waals surface area contributed by atoms with Crippen LogP contribution in [0.4, 0.5) is 16.2 Å². The lowest BCUT2D eigenvalue weighted by Gasteiger charge is -2.26. The van der Waals surface area contributed by atoms with Crippen LogP contribution in [0.15, 0.2) is 48.5 Å². The number of benzene rings is 2. The van der Waals surface area contributed by atoms with E-state index < -0.39 is 0 Å². The van der Waals surface area contributed by atoms with E-state index in [-0.39, 0.29) is 12.1 Å². The molecule has 0 radical (unpaired) electrons. The Morgan fingerprint density at radius 2 is 1.69 bits per heavy atom. The number of anilines is 2. The zero-order valence-corrected chi connectivity index (χ0v) is 16.1. The van der Waals surface area contributed by atoms with Crippen LogP contribution in [-0.4, -0.2) is 52.8 Å². The maximum Gasteiger partial charge on any atom is 0.319 e. The monoisotopic (exact) mass is 356 g/mol. The number of urea groups is 1. The fraction of sp³-hybridized carbons (Fsp3) is 0.350. The number of para-hydroxylation sites is 2. The third-order valence-corrected chi connectivity index (χ3v) is 4.23. The highest BCUT2D eigenvalue weighted by Gasteiger charge is 2.16. The predicted octanol–water partition coefficient (Wildman–Crippen LogP) is 3.19. The second-order valence-corrected chi connectivity index (χ2v) is 6.50. The molecule has 0 aromatic heterocycles. The number of amides is 2. The van der Waals surface area contributed by atoms with Crippen molar-refractivity contribution in [3.05, 3.63) is 54.1 Å². The van der Waals surface area contributed by atoms with Gasteiger partial charge in [0.05, 0.1) is 18.8 Å². The van der Waals surface area contributed by atoms with Crippen LogP contribution in [0.25, 0.3) is 0 Å². The second-order valence-electron chi connectivity index (χ2n) is 6.50. The quantitative estimate of drug-likeness (QED) is 0.800. The first kappa shape index (κ1) is 19.6. The molecule has 0 saturated heterocycles. The van der Waals surface area contributed by atoms with Crippen LogP contribution in [0.3, 0.4) is 0 Å². The summed E-state index contributed by atoms with van der Waals surface area (Å²) in [7, 11) is 9.62. The van der Waals surface area contributed by atoms with Gasteiger partial charge in [-0.1, -0.05) is 24.3 Å². The summed E-state index contributed by atoms with van der Waals surface area (Å²) in [5.74, 6) is 0.631. The minimum Gasteiger partial charge on any atom is -0.495 e. The number of carbonyl (C=O) groups is 1. The normalized spacial score (nSPS) is 11.8. The van der Waals surface area contributed by atoms with Gasteiger partial charge in [-0.3, -0.25) is 0 Å². The molecule has 2 aromatic carbocycles. The van der Waals surface area contributed by atoms with Gasteiger partial charge in [0.15, 0.2) is 0 Å². The molecule has 26 heavy (non-hydrogen) atoms. The number of rotatable bonds is 7. The van der Waals surface area contributed by atoms with Crippen molar-refractivity contribution in [1.29, 1.82) is 0 Å². The van der Waals surface area contributed by atoms with Gasteiger partial charge in [0.1, 0.15) is 5.75 Å². The molecule has 140 valence electrons. The summed E-state index contributed by atoms with van der Waals surface area (Å²) in [5.41, 5.74) is 2.94. The van der Waals surface area contributed by atoms with Crippen molar-refractivity contribution < 1.29 is 9.53 Å². The smallest absolute Gasteiger partial charge is 0.319 e. The minimum absolute atomic E-state index is 0.0784. The molecule has 6 nitrogen and oxygen atoms in total. The molecular weight excluding hydrogens is 328 g/mol. The van der Waals surface area contributed by atoms with E-state index in [9.17, 15) is 4.79 Å². The number of ether oxygens (including phenoxy) is 1. The summed E-state index contributed by atoms with van der Waals surface area (Å²) in [5, 5.41) is 5.77. The Morgan fingerprint density at radius 3 is 2.27 bits per heavy atom. The molecule has 2 amide bonds. The van der Waals surface area contributed by atoms with Crippen LogP contribution < -0.4 is 20.3 Å². The first-order chi connectivity index (χ1) is 12.4. The van der Waals surface area contributed by atoms with E-state index in [4.69, 9.17) is 4.74 Å². The zero-order valence-electron chi connectivity index (χ0n) is 16.1. The van der Waals surface area contributed by atoms with Crippen LogP contribution in [0.5, 0.6) is 5.75 Å². The van der Waals surface area contributed by atoms with Crippen LogP contribution >= 0.6 is 0 Å². The van der Waals surface area contributed by atoms with E-state index in [2.05, 4.69) is 44.7 Å². The molecule has 2 N–H and O–H groups in total. The van der Waals surface area contributed by atoms with E-state index in [1.807, 2.05) is 52.5 Å². The summed E-state index contributed by atoms with van der Waals surface area (Å²) < 4.78 is 5.26. The summed E-state index contributed by atoms with van der Waals surface area (Å²) in [6, 6.07) is 15.5. The Bertz CT molecular complexity index is 714. The lowest BCUT2D eigenvalue weighted by molar-refractivity contribution is 0.243. The van der Waals surface area contributed by atoms with Gasteiger partial charge in [0.25, 0.3) is 0 Å². The third kappa shape index (κ3) is 5.13. The van der Waals surface area contributed by atoms with Gasteiger partial charge >= 0.3 is 6.03 Å². The molecule has 6 heteroatoms. The molecule has 0 saturated carbocycles. The van der Waals surface area contributed by atoms with E-state index in [0.717, 1.165) is 11.3 Å². The lowest BCUT2D eigenvalue weighted by atomic mass is 10.1. The molecule has 0 spiro atoms. The van der Waals surface area contributed by atoms with Crippen molar-refractivity contribution >= 4 is 17.4 Å². The Hall–Kier alpha value is -2.73. The number of nitrogens with zero attached hydrogens (tertiary/aromatic N) is 2. The number of nitrogens with one attached hydrogen (secondary N) is 2. The Labute approximate surface area is 155 Å². The van der Waals surface area contributed by atoms with Crippen LogP contribution in [-0.2, 0) is 0 Å². The molecular formula is C20H28N4O2. The highest BCUT2D eigenvalue weighted by Crippen LogP contribution is 2.23. The molecule has 0 fully saturated rings. The Morgan fingerprint density at radius 1 is 1.04 bits per heavy atom. The lowest BCUT2D eigenvalue weighted by Crippen LogP contribution is -2.37. The fourth-order valence-corrected chi connectivity index (χ4v) is 2.70. The molecule has 1 atom stereocenters. The Kier molecular flexibility index (Phi) is 6.86. The van der Waals surface area contributed by atoms with Gasteiger partial charge in [-0.15, -0.1) is 0 Å². The first-order valence-electron chi connectivity index (χ1n) is 8.54. The van der Waals surface area contributed by atoms with E-state index in [1.165, 1.54) is 0 Å². The molecule has 0 heterocycles. The molecule has 0 aliphatic rings. The average molecular weight is 356 g/mol. The van der Waals surface area contributed by atoms with Gasteiger partial charge < -0.3 is 25.2 Å². The topological polar surface area (TPSA) is 56.8 Å². The maximum absolute atomic E-state index is 12.3. The molecule has 2 rings (SSSR count). The number of hydrogen-bond donors (Lipinski definition) is 2. The largest absolute Gasteiger partial charge is 0.495 e. The predicted molar refractivity (Wildman–Crippen MR) is 107 cm³/mol. The van der Waals surface area contributed by atoms with E-state index >= 15 is 0 Å². The summed E-state index contributed by atoms with van der Waals surface area (Å²) in [6.45, 7) is 0.495. The number of hydrogen-bond acceptors (Lipinski definition) is 4. The van der Waals surface area contributed by atoms with Gasteiger partial charge in [-0.05, 0) is 43.9 Å². The van der Waals surface area contributed by atoms with Crippen molar-refractivity contribution in [2.24, 2.45) is 0 Å². The third-order valence-electron chi connectivity index (χ3n) is 4.23. The van der Waals surface area contributed by atoms with Crippen molar-refractivity contribution in [3.63, 3.8) is 0 Å². The number of methoxy groups -OCH3 is 1. The number of carbonyl (C=O) groups excluding carboxylic acids is 1. The van der Waals surface area contributed by atoms with Gasteiger partial charge in [-0.2, -0.15) is 0 Å². The molecule has 0 aliphatic carbocycles. The van der Waals surface area contributed by atoms with Gasteiger partial charge in [0.2, 0.25) is 0 Å². The molecule has 0 aliphatic heterocycles.